The first-order valence-electron chi connectivity index (χ1n) is 6.72. The van der Waals surface area contributed by atoms with Crippen molar-refractivity contribution in [2.45, 2.75) is 33.4 Å². The first kappa shape index (κ1) is 14.7. The van der Waals surface area contributed by atoms with E-state index >= 15 is 0 Å². The zero-order valence-electron chi connectivity index (χ0n) is 12.0. The molecule has 0 aliphatic rings. The lowest BCUT2D eigenvalue weighted by Gasteiger charge is -2.16. The minimum absolute atomic E-state index is 0.110. The largest absolute Gasteiger partial charge is 0.306 e. The number of halogens is 2. The molecule has 0 aromatic heterocycles. The maximum Gasteiger partial charge on any atom is 0.130 e. The van der Waals surface area contributed by atoms with Crippen LogP contribution < -0.4 is 5.32 Å². The van der Waals surface area contributed by atoms with E-state index in [1.54, 1.807) is 0 Å². The van der Waals surface area contributed by atoms with Crippen molar-refractivity contribution >= 4 is 0 Å². The number of hydrogen-bond acceptors (Lipinski definition) is 1. The lowest BCUT2D eigenvalue weighted by Crippen LogP contribution is -2.19. The Morgan fingerprint density at radius 3 is 2.40 bits per heavy atom. The van der Waals surface area contributed by atoms with Gasteiger partial charge in [0.25, 0.3) is 0 Å². The summed E-state index contributed by atoms with van der Waals surface area (Å²) < 4.78 is 26.4. The highest BCUT2D eigenvalue weighted by Crippen LogP contribution is 2.18. The molecule has 0 bridgehead atoms. The standard InChI is InChI=1S/C17H19F2N/c1-11-4-5-14(8-12(11)2)13(3)20-10-15-6-7-16(18)9-17(15)19/h4-9,13,20H,10H2,1-3H3. The van der Waals surface area contributed by atoms with Gasteiger partial charge in [-0.1, -0.05) is 24.3 Å². The minimum Gasteiger partial charge on any atom is -0.306 e. The molecule has 20 heavy (non-hydrogen) atoms. The van der Waals surface area contributed by atoms with Gasteiger partial charge < -0.3 is 5.32 Å². The van der Waals surface area contributed by atoms with Gasteiger partial charge in [0, 0.05) is 24.2 Å². The van der Waals surface area contributed by atoms with E-state index in [-0.39, 0.29) is 6.04 Å². The Hall–Kier alpha value is -1.74. The Balaban J connectivity index is 2.04. The zero-order chi connectivity index (χ0) is 14.7. The van der Waals surface area contributed by atoms with Crippen LogP contribution in [0.5, 0.6) is 0 Å². The second-order valence-electron chi connectivity index (χ2n) is 5.18. The normalized spacial score (nSPS) is 12.4. The molecule has 2 aromatic rings. The van der Waals surface area contributed by atoms with Crippen molar-refractivity contribution in [1.82, 2.24) is 5.32 Å². The van der Waals surface area contributed by atoms with E-state index in [2.05, 4.69) is 37.4 Å². The third kappa shape index (κ3) is 3.42. The second kappa shape index (κ2) is 6.14. The predicted molar refractivity (Wildman–Crippen MR) is 77.5 cm³/mol. The maximum atomic E-state index is 13.5. The maximum absolute atomic E-state index is 13.5. The van der Waals surface area contributed by atoms with Gasteiger partial charge in [0.2, 0.25) is 0 Å². The molecule has 3 heteroatoms. The van der Waals surface area contributed by atoms with Gasteiger partial charge in [0.15, 0.2) is 0 Å². The molecule has 2 aromatic carbocycles. The highest BCUT2D eigenvalue weighted by atomic mass is 19.1. The Morgan fingerprint density at radius 1 is 1.00 bits per heavy atom. The quantitative estimate of drug-likeness (QED) is 0.870. The number of aryl methyl sites for hydroxylation is 2. The Morgan fingerprint density at radius 2 is 1.75 bits per heavy atom. The second-order valence-corrected chi connectivity index (χ2v) is 5.18. The molecule has 106 valence electrons. The van der Waals surface area contributed by atoms with Crippen LogP contribution in [0.15, 0.2) is 36.4 Å². The fourth-order valence-electron chi connectivity index (χ4n) is 2.08. The molecule has 0 fully saturated rings. The molecule has 0 aliphatic heterocycles. The highest BCUT2D eigenvalue weighted by Gasteiger charge is 2.08. The van der Waals surface area contributed by atoms with E-state index in [0.717, 1.165) is 11.6 Å². The summed E-state index contributed by atoms with van der Waals surface area (Å²) in [6.45, 7) is 6.56. The summed E-state index contributed by atoms with van der Waals surface area (Å²) in [5.74, 6) is -1.06. The van der Waals surface area contributed by atoms with Crippen LogP contribution in [-0.4, -0.2) is 0 Å². The molecule has 0 heterocycles. The van der Waals surface area contributed by atoms with Gasteiger partial charge in [-0.3, -0.25) is 0 Å². The lowest BCUT2D eigenvalue weighted by atomic mass is 10.0. The third-order valence-corrected chi connectivity index (χ3v) is 3.64. The summed E-state index contributed by atoms with van der Waals surface area (Å²) in [7, 11) is 0. The van der Waals surface area contributed by atoms with Crippen molar-refractivity contribution in [2.75, 3.05) is 0 Å². The van der Waals surface area contributed by atoms with Crippen LogP contribution in [0, 0.1) is 25.5 Å². The van der Waals surface area contributed by atoms with Gasteiger partial charge in [-0.15, -0.1) is 0 Å². The van der Waals surface area contributed by atoms with Crippen LogP contribution in [0.4, 0.5) is 8.78 Å². The molecule has 0 radical (unpaired) electrons. The van der Waals surface area contributed by atoms with Crippen molar-refractivity contribution in [3.63, 3.8) is 0 Å². The van der Waals surface area contributed by atoms with Crippen molar-refractivity contribution in [1.29, 1.82) is 0 Å². The van der Waals surface area contributed by atoms with Gasteiger partial charge in [-0.05, 0) is 43.5 Å². The molecular weight excluding hydrogens is 256 g/mol. The SMILES string of the molecule is Cc1ccc(C(C)NCc2ccc(F)cc2F)cc1C. The molecule has 1 unspecified atom stereocenters. The van der Waals surface area contributed by atoms with Gasteiger partial charge in [-0.2, -0.15) is 0 Å². The van der Waals surface area contributed by atoms with Gasteiger partial charge in [0.1, 0.15) is 11.6 Å². The van der Waals surface area contributed by atoms with E-state index in [0.29, 0.717) is 12.1 Å². The first-order valence-corrected chi connectivity index (χ1v) is 6.72. The van der Waals surface area contributed by atoms with E-state index in [4.69, 9.17) is 0 Å². The van der Waals surface area contributed by atoms with Crippen LogP contribution in [-0.2, 0) is 6.54 Å². The third-order valence-electron chi connectivity index (χ3n) is 3.64. The summed E-state index contributed by atoms with van der Waals surface area (Å²) >= 11 is 0. The molecule has 1 nitrogen and oxygen atoms in total. The molecule has 0 saturated carbocycles. The van der Waals surface area contributed by atoms with Gasteiger partial charge >= 0.3 is 0 Å². The molecule has 0 aliphatic carbocycles. The molecule has 1 N–H and O–H groups in total. The van der Waals surface area contributed by atoms with Crippen LogP contribution in [0.1, 0.15) is 35.2 Å². The summed E-state index contributed by atoms with van der Waals surface area (Å²) in [6, 6.07) is 10.1. The molecule has 1 atom stereocenters. The fraction of sp³-hybridized carbons (Fsp3) is 0.294. The van der Waals surface area contributed by atoms with Crippen molar-refractivity contribution in [3.05, 3.63) is 70.3 Å². The summed E-state index contributed by atoms with van der Waals surface area (Å²) in [5.41, 5.74) is 4.13. The van der Waals surface area contributed by atoms with E-state index < -0.39 is 11.6 Å². The molecule has 0 spiro atoms. The van der Waals surface area contributed by atoms with Crippen LogP contribution >= 0.6 is 0 Å². The number of benzene rings is 2. The van der Waals surface area contributed by atoms with Gasteiger partial charge in [-0.25, -0.2) is 8.78 Å². The Labute approximate surface area is 118 Å². The molecule has 2 rings (SSSR count). The Bertz CT molecular complexity index is 608. The monoisotopic (exact) mass is 275 g/mol. The topological polar surface area (TPSA) is 12.0 Å². The summed E-state index contributed by atoms with van der Waals surface area (Å²) in [6.07, 6.45) is 0. The first-order chi connectivity index (χ1) is 9.47. The fourth-order valence-corrected chi connectivity index (χ4v) is 2.08. The smallest absolute Gasteiger partial charge is 0.130 e. The number of hydrogen-bond donors (Lipinski definition) is 1. The average molecular weight is 275 g/mol. The average Bonchev–Trinajstić information content (AvgIpc) is 2.40. The van der Waals surface area contributed by atoms with Gasteiger partial charge in [0.05, 0.1) is 0 Å². The zero-order valence-corrected chi connectivity index (χ0v) is 12.0. The highest BCUT2D eigenvalue weighted by molar-refractivity contribution is 5.31. The minimum atomic E-state index is -0.548. The lowest BCUT2D eigenvalue weighted by molar-refractivity contribution is 0.533. The van der Waals surface area contributed by atoms with Crippen molar-refractivity contribution in [3.8, 4) is 0 Å². The van der Waals surface area contributed by atoms with E-state index in [1.165, 1.54) is 23.3 Å². The molecular formula is C17H19F2N. The molecule has 0 saturated heterocycles. The van der Waals surface area contributed by atoms with Crippen LogP contribution in [0.3, 0.4) is 0 Å². The number of rotatable bonds is 4. The van der Waals surface area contributed by atoms with Crippen molar-refractivity contribution < 1.29 is 8.78 Å². The van der Waals surface area contributed by atoms with E-state index in [1.807, 2.05) is 6.92 Å². The Kier molecular flexibility index (Phi) is 4.50. The number of nitrogens with one attached hydrogen (secondary N) is 1. The van der Waals surface area contributed by atoms with E-state index in [9.17, 15) is 8.78 Å². The van der Waals surface area contributed by atoms with Crippen LogP contribution in [0.25, 0.3) is 0 Å². The van der Waals surface area contributed by atoms with Crippen LogP contribution in [0.2, 0.25) is 0 Å². The predicted octanol–water partition coefficient (Wildman–Crippen LogP) is 4.43. The summed E-state index contributed by atoms with van der Waals surface area (Å²) in [4.78, 5) is 0. The van der Waals surface area contributed by atoms with Crippen molar-refractivity contribution in [2.24, 2.45) is 0 Å². The molecule has 0 amide bonds. The summed E-state index contributed by atoms with van der Waals surface area (Å²) in [5, 5.41) is 3.26.